The Morgan fingerprint density at radius 2 is 1.75 bits per heavy atom. The summed E-state index contributed by atoms with van der Waals surface area (Å²) in [6.07, 6.45) is 0.367. The summed E-state index contributed by atoms with van der Waals surface area (Å²) >= 11 is 0. The van der Waals surface area contributed by atoms with Crippen LogP contribution in [-0.2, 0) is 11.3 Å². The van der Waals surface area contributed by atoms with E-state index in [2.05, 4.69) is 43.5 Å². The molecule has 0 aliphatic carbocycles. The molecule has 32 heavy (non-hydrogen) atoms. The van der Waals surface area contributed by atoms with E-state index in [-0.39, 0.29) is 17.6 Å². The van der Waals surface area contributed by atoms with Gasteiger partial charge in [0.05, 0.1) is 11.0 Å². The van der Waals surface area contributed by atoms with E-state index in [1.165, 1.54) is 34.4 Å². The number of hydrogen-bond acceptors (Lipinski definition) is 2. The van der Waals surface area contributed by atoms with Crippen molar-refractivity contribution in [3.05, 3.63) is 94.6 Å². The summed E-state index contributed by atoms with van der Waals surface area (Å²) in [6, 6.07) is 18.8. The average Bonchev–Trinajstić information content (AvgIpc) is 3.31. The van der Waals surface area contributed by atoms with Crippen LogP contribution in [0.15, 0.2) is 60.7 Å². The van der Waals surface area contributed by atoms with Gasteiger partial charge in [-0.25, -0.2) is 9.37 Å². The molecule has 1 aromatic heterocycles. The third kappa shape index (κ3) is 3.58. The third-order valence-electron chi connectivity index (χ3n) is 6.45. The van der Waals surface area contributed by atoms with Gasteiger partial charge < -0.3 is 9.47 Å². The molecule has 1 aliphatic heterocycles. The second-order valence-electron chi connectivity index (χ2n) is 8.81. The van der Waals surface area contributed by atoms with Gasteiger partial charge in [0.15, 0.2) is 0 Å². The number of para-hydroxylation sites is 2. The molecule has 1 fully saturated rings. The Morgan fingerprint density at radius 1 is 1.00 bits per heavy atom. The van der Waals surface area contributed by atoms with Crippen molar-refractivity contribution in [3.63, 3.8) is 0 Å². The van der Waals surface area contributed by atoms with Gasteiger partial charge in [0.1, 0.15) is 11.6 Å². The lowest BCUT2D eigenvalue weighted by atomic mass is 9.99. The van der Waals surface area contributed by atoms with Gasteiger partial charge in [-0.15, -0.1) is 0 Å². The van der Waals surface area contributed by atoms with Crippen molar-refractivity contribution >= 4 is 22.6 Å². The lowest BCUT2D eigenvalue weighted by molar-refractivity contribution is -0.117. The van der Waals surface area contributed by atoms with Crippen LogP contribution in [0.2, 0.25) is 0 Å². The van der Waals surface area contributed by atoms with Crippen molar-refractivity contribution in [2.45, 2.75) is 39.7 Å². The Hall–Kier alpha value is -3.47. The standard InChI is InChI=1S/C27H26FN3O/c1-17-11-18(2)23(19(3)12-17)16-31-25-10-5-4-9-24(25)29-27(31)20-13-26(32)30(15-20)22-8-6-7-21(28)14-22/h4-12,14,20H,13,15-16H2,1-3H3. The molecule has 5 heteroatoms. The molecule has 1 aliphatic rings. The number of carbonyl (C=O) groups is 1. The Kier molecular flexibility index (Phi) is 5.04. The third-order valence-corrected chi connectivity index (χ3v) is 6.45. The first-order chi connectivity index (χ1) is 15.4. The molecule has 0 saturated carbocycles. The van der Waals surface area contributed by atoms with Crippen molar-refractivity contribution in [2.75, 3.05) is 11.4 Å². The maximum atomic E-state index is 13.8. The number of amides is 1. The smallest absolute Gasteiger partial charge is 0.227 e. The van der Waals surface area contributed by atoms with E-state index in [0.717, 1.165) is 16.9 Å². The largest absolute Gasteiger partial charge is 0.323 e. The molecule has 3 aromatic carbocycles. The van der Waals surface area contributed by atoms with Gasteiger partial charge in [-0.2, -0.15) is 0 Å². The Bertz CT molecular complexity index is 1320. The zero-order valence-corrected chi connectivity index (χ0v) is 18.6. The zero-order chi connectivity index (χ0) is 22.4. The minimum Gasteiger partial charge on any atom is -0.323 e. The molecule has 4 nitrogen and oxygen atoms in total. The lowest BCUT2D eigenvalue weighted by Gasteiger charge is -2.19. The van der Waals surface area contributed by atoms with Gasteiger partial charge in [-0.05, 0) is 67.8 Å². The summed E-state index contributed by atoms with van der Waals surface area (Å²) in [5.74, 6) is 0.528. The van der Waals surface area contributed by atoms with E-state index in [1.54, 1.807) is 17.0 Å². The molecular weight excluding hydrogens is 401 g/mol. The Morgan fingerprint density at radius 3 is 2.50 bits per heavy atom. The van der Waals surface area contributed by atoms with E-state index in [1.807, 2.05) is 18.2 Å². The van der Waals surface area contributed by atoms with E-state index >= 15 is 0 Å². The van der Waals surface area contributed by atoms with Crippen LogP contribution in [0.25, 0.3) is 11.0 Å². The number of rotatable bonds is 4. The van der Waals surface area contributed by atoms with Crippen molar-refractivity contribution in [2.24, 2.45) is 0 Å². The molecule has 1 amide bonds. The van der Waals surface area contributed by atoms with Gasteiger partial charge in [0.25, 0.3) is 0 Å². The number of aromatic nitrogens is 2. The number of nitrogens with zero attached hydrogens (tertiary/aromatic N) is 3. The molecule has 0 bridgehead atoms. The number of aryl methyl sites for hydroxylation is 3. The lowest BCUT2D eigenvalue weighted by Crippen LogP contribution is -2.24. The highest BCUT2D eigenvalue weighted by Crippen LogP contribution is 2.34. The Labute approximate surface area is 187 Å². The average molecular weight is 428 g/mol. The Balaban J connectivity index is 1.56. The zero-order valence-electron chi connectivity index (χ0n) is 18.6. The highest BCUT2D eigenvalue weighted by atomic mass is 19.1. The van der Waals surface area contributed by atoms with Crippen LogP contribution in [-0.4, -0.2) is 22.0 Å². The molecule has 0 radical (unpaired) electrons. The van der Waals surface area contributed by atoms with E-state index in [0.29, 0.717) is 25.2 Å². The molecule has 162 valence electrons. The number of fused-ring (bicyclic) bond motifs is 1. The van der Waals surface area contributed by atoms with Crippen LogP contribution < -0.4 is 4.90 Å². The summed E-state index contributed by atoms with van der Waals surface area (Å²) in [4.78, 5) is 19.5. The van der Waals surface area contributed by atoms with E-state index in [9.17, 15) is 9.18 Å². The van der Waals surface area contributed by atoms with Crippen LogP contribution >= 0.6 is 0 Å². The predicted molar refractivity (Wildman–Crippen MR) is 126 cm³/mol. The predicted octanol–water partition coefficient (Wildman–Crippen LogP) is 5.67. The number of imidazole rings is 1. The molecule has 0 spiro atoms. The fourth-order valence-corrected chi connectivity index (χ4v) is 4.96. The minimum atomic E-state index is -0.337. The van der Waals surface area contributed by atoms with Crippen LogP contribution in [0.3, 0.4) is 0 Å². The van der Waals surface area contributed by atoms with Crippen LogP contribution in [0.5, 0.6) is 0 Å². The fourth-order valence-electron chi connectivity index (χ4n) is 4.96. The molecule has 0 N–H and O–H groups in total. The second kappa shape index (κ2) is 7.90. The van der Waals surface area contributed by atoms with Gasteiger partial charge in [-0.1, -0.05) is 35.9 Å². The van der Waals surface area contributed by atoms with Crippen LogP contribution in [0.4, 0.5) is 10.1 Å². The maximum Gasteiger partial charge on any atom is 0.227 e. The highest BCUT2D eigenvalue weighted by molar-refractivity contribution is 5.96. The normalized spacial score (nSPS) is 16.3. The first-order valence-electron chi connectivity index (χ1n) is 11.0. The van der Waals surface area contributed by atoms with E-state index in [4.69, 9.17) is 4.98 Å². The molecular formula is C27H26FN3O. The van der Waals surface area contributed by atoms with Crippen molar-refractivity contribution in [1.29, 1.82) is 0 Å². The summed E-state index contributed by atoms with van der Waals surface area (Å²) in [7, 11) is 0. The van der Waals surface area contributed by atoms with Gasteiger partial charge in [0, 0.05) is 31.1 Å². The van der Waals surface area contributed by atoms with E-state index < -0.39 is 0 Å². The molecule has 2 heterocycles. The summed E-state index contributed by atoms with van der Waals surface area (Å²) in [5, 5.41) is 0. The number of anilines is 1. The number of carbonyl (C=O) groups excluding carboxylic acids is 1. The summed E-state index contributed by atoms with van der Waals surface area (Å²) in [6.45, 7) is 7.63. The molecule has 1 atom stereocenters. The summed E-state index contributed by atoms with van der Waals surface area (Å²) in [5.41, 5.74) is 7.66. The van der Waals surface area contributed by atoms with Crippen LogP contribution in [0.1, 0.15) is 40.4 Å². The number of halogens is 1. The van der Waals surface area contributed by atoms with Crippen molar-refractivity contribution in [3.8, 4) is 0 Å². The molecule has 1 saturated heterocycles. The second-order valence-corrected chi connectivity index (χ2v) is 8.81. The number of benzene rings is 3. The highest BCUT2D eigenvalue weighted by Gasteiger charge is 2.35. The fraction of sp³-hybridized carbons (Fsp3) is 0.259. The van der Waals surface area contributed by atoms with Gasteiger partial charge in [0.2, 0.25) is 5.91 Å². The quantitative estimate of drug-likeness (QED) is 0.421. The van der Waals surface area contributed by atoms with Gasteiger partial charge in [-0.3, -0.25) is 4.79 Å². The monoisotopic (exact) mass is 427 g/mol. The topological polar surface area (TPSA) is 38.1 Å². The van der Waals surface area contributed by atoms with Crippen molar-refractivity contribution in [1.82, 2.24) is 9.55 Å². The molecule has 4 aromatic rings. The SMILES string of the molecule is Cc1cc(C)c(Cn2c(C3CC(=O)N(c4cccc(F)c4)C3)nc3ccccc32)c(C)c1. The van der Waals surface area contributed by atoms with Crippen molar-refractivity contribution < 1.29 is 9.18 Å². The molecule has 1 unspecified atom stereocenters. The minimum absolute atomic E-state index is 0.00176. The summed E-state index contributed by atoms with van der Waals surface area (Å²) < 4.78 is 16.0. The maximum absolute atomic E-state index is 13.8. The van der Waals surface area contributed by atoms with Gasteiger partial charge >= 0.3 is 0 Å². The first kappa shape index (κ1) is 20.4. The van der Waals surface area contributed by atoms with Crippen LogP contribution in [0, 0.1) is 26.6 Å². The molecule has 5 rings (SSSR count). The number of hydrogen-bond donors (Lipinski definition) is 0. The first-order valence-corrected chi connectivity index (χ1v) is 11.0.